The van der Waals surface area contributed by atoms with Crippen molar-refractivity contribution in [2.45, 2.75) is 6.10 Å². The molecule has 23 heavy (non-hydrogen) atoms. The number of ether oxygens (including phenoxy) is 2. The zero-order chi connectivity index (χ0) is 16.1. The largest absolute Gasteiger partial charge is 0.497 e. The Labute approximate surface area is 135 Å². The van der Waals surface area contributed by atoms with E-state index < -0.39 is 6.10 Å². The summed E-state index contributed by atoms with van der Waals surface area (Å²) < 4.78 is 11.1. The summed E-state index contributed by atoms with van der Waals surface area (Å²) in [4.78, 5) is 0. The van der Waals surface area contributed by atoms with Gasteiger partial charge in [0.15, 0.2) is 0 Å². The molecule has 0 aromatic heterocycles. The molecular formula is C20H18O3. The molecule has 3 nitrogen and oxygen atoms in total. The van der Waals surface area contributed by atoms with Crippen LogP contribution in [-0.2, 0) is 0 Å². The highest BCUT2D eigenvalue weighted by Gasteiger charge is 2.16. The molecule has 3 aromatic rings. The Hall–Kier alpha value is -2.78. The molecule has 1 unspecified atom stereocenters. The number of methoxy groups -OCH3 is 1. The van der Waals surface area contributed by atoms with Gasteiger partial charge in [0, 0.05) is 5.56 Å². The van der Waals surface area contributed by atoms with Gasteiger partial charge in [0.1, 0.15) is 23.4 Å². The van der Waals surface area contributed by atoms with Gasteiger partial charge in [0.2, 0.25) is 0 Å². The highest BCUT2D eigenvalue weighted by atomic mass is 16.5. The summed E-state index contributed by atoms with van der Waals surface area (Å²) in [5.41, 5.74) is 1.47. The van der Waals surface area contributed by atoms with Gasteiger partial charge in [-0.05, 0) is 35.9 Å². The summed E-state index contributed by atoms with van der Waals surface area (Å²) in [5, 5.41) is 10.7. The Morgan fingerprint density at radius 2 is 1.48 bits per heavy atom. The molecule has 0 aliphatic rings. The Kier molecular flexibility index (Phi) is 4.60. The van der Waals surface area contributed by atoms with E-state index in [9.17, 15) is 5.11 Å². The number of hydrogen-bond donors (Lipinski definition) is 1. The van der Waals surface area contributed by atoms with Gasteiger partial charge >= 0.3 is 0 Å². The van der Waals surface area contributed by atoms with Crippen LogP contribution in [0, 0.1) is 0 Å². The van der Waals surface area contributed by atoms with Crippen molar-refractivity contribution in [2.24, 2.45) is 0 Å². The number of para-hydroxylation sites is 2. The molecule has 1 atom stereocenters. The number of benzene rings is 3. The molecule has 116 valence electrons. The van der Waals surface area contributed by atoms with Crippen LogP contribution >= 0.6 is 0 Å². The first kappa shape index (κ1) is 15.1. The van der Waals surface area contributed by atoms with E-state index in [2.05, 4.69) is 0 Å². The van der Waals surface area contributed by atoms with E-state index in [0.717, 1.165) is 11.3 Å². The predicted octanol–water partition coefficient (Wildman–Crippen LogP) is 4.57. The molecule has 1 N–H and O–H groups in total. The summed E-state index contributed by atoms with van der Waals surface area (Å²) >= 11 is 0. The molecule has 0 aliphatic carbocycles. The SMILES string of the molecule is COc1cccc(C(O)c2ccccc2Oc2ccccc2)c1. The van der Waals surface area contributed by atoms with Gasteiger partial charge in [0.05, 0.1) is 7.11 Å². The lowest BCUT2D eigenvalue weighted by atomic mass is 10.0. The van der Waals surface area contributed by atoms with E-state index in [4.69, 9.17) is 9.47 Å². The van der Waals surface area contributed by atoms with Crippen LogP contribution in [0.5, 0.6) is 17.2 Å². The highest BCUT2D eigenvalue weighted by Crippen LogP contribution is 2.33. The number of hydrogen-bond acceptors (Lipinski definition) is 3. The molecule has 0 radical (unpaired) electrons. The van der Waals surface area contributed by atoms with Crippen molar-refractivity contribution in [3.8, 4) is 17.2 Å². The van der Waals surface area contributed by atoms with E-state index >= 15 is 0 Å². The van der Waals surface area contributed by atoms with Crippen LogP contribution in [0.4, 0.5) is 0 Å². The molecule has 0 fully saturated rings. The summed E-state index contributed by atoms with van der Waals surface area (Å²) in [6.45, 7) is 0. The van der Waals surface area contributed by atoms with Gasteiger partial charge in [0.25, 0.3) is 0 Å². The van der Waals surface area contributed by atoms with Gasteiger partial charge in [-0.25, -0.2) is 0 Å². The van der Waals surface area contributed by atoms with Gasteiger partial charge in [-0.1, -0.05) is 48.5 Å². The second kappa shape index (κ2) is 6.99. The first-order valence-corrected chi connectivity index (χ1v) is 7.42. The molecule has 3 heteroatoms. The maximum absolute atomic E-state index is 10.7. The van der Waals surface area contributed by atoms with E-state index in [1.54, 1.807) is 7.11 Å². The Morgan fingerprint density at radius 3 is 2.26 bits per heavy atom. The van der Waals surface area contributed by atoms with Gasteiger partial charge < -0.3 is 14.6 Å². The third kappa shape index (κ3) is 3.52. The summed E-state index contributed by atoms with van der Waals surface area (Å²) in [5.74, 6) is 2.08. The third-order valence-electron chi connectivity index (χ3n) is 3.59. The van der Waals surface area contributed by atoms with E-state index in [0.29, 0.717) is 17.1 Å². The van der Waals surface area contributed by atoms with Gasteiger partial charge in [-0.3, -0.25) is 0 Å². The van der Waals surface area contributed by atoms with Crippen molar-refractivity contribution in [3.05, 3.63) is 90.0 Å². The van der Waals surface area contributed by atoms with Crippen LogP contribution < -0.4 is 9.47 Å². The average molecular weight is 306 g/mol. The fraction of sp³-hybridized carbons (Fsp3) is 0.100. The third-order valence-corrected chi connectivity index (χ3v) is 3.59. The second-order valence-corrected chi connectivity index (χ2v) is 5.13. The van der Waals surface area contributed by atoms with Crippen LogP contribution in [0.2, 0.25) is 0 Å². The lowest BCUT2D eigenvalue weighted by molar-refractivity contribution is 0.216. The molecule has 0 spiro atoms. The second-order valence-electron chi connectivity index (χ2n) is 5.13. The summed E-state index contributed by atoms with van der Waals surface area (Å²) in [7, 11) is 1.61. The van der Waals surface area contributed by atoms with E-state index in [1.807, 2.05) is 78.9 Å². The van der Waals surface area contributed by atoms with Crippen LogP contribution in [0.1, 0.15) is 17.2 Å². The lowest BCUT2D eigenvalue weighted by Gasteiger charge is -2.17. The molecule has 0 amide bonds. The van der Waals surface area contributed by atoms with Crippen LogP contribution in [0.15, 0.2) is 78.9 Å². The van der Waals surface area contributed by atoms with Gasteiger partial charge in [-0.15, -0.1) is 0 Å². The minimum Gasteiger partial charge on any atom is -0.497 e. The maximum Gasteiger partial charge on any atom is 0.133 e. The standard InChI is InChI=1S/C20H18O3/c1-22-17-11-7-8-15(14-17)20(21)18-12-5-6-13-19(18)23-16-9-3-2-4-10-16/h2-14,20-21H,1H3. The topological polar surface area (TPSA) is 38.7 Å². The van der Waals surface area contributed by atoms with E-state index in [-0.39, 0.29) is 0 Å². The first-order valence-electron chi connectivity index (χ1n) is 7.42. The van der Waals surface area contributed by atoms with Crippen LogP contribution in [0.25, 0.3) is 0 Å². The van der Waals surface area contributed by atoms with Crippen molar-refractivity contribution in [2.75, 3.05) is 7.11 Å². The Bertz CT molecular complexity index is 769. The zero-order valence-corrected chi connectivity index (χ0v) is 12.8. The molecule has 0 saturated carbocycles. The molecule has 0 saturated heterocycles. The molecule has 3 rings (SSSR count). The van der Waals surface area contributed by atoms with Crippen LogP contribution in [0.3, 0.4) is 0 Å². The van der Waals surface area contributed by atoms with Crippen molar-refractivity contribution >= 4 is 0 Å². The van der Waals surface area contributed by atoms with Crippen molar-refractivity contribution in [1.29, 1.82) is 0 Å². The minimum absolute atomic E-state index is 0.633. The average Bonchev–Trinajstić information content (AvgIpc) is 2.62. The fourth-order valence-electron chi connectivity index (χ4n) is 2.41. The van der Waals surface area contributed by atoms with Gasteiger partial charge in [-0.2, -0.15) is 0 Å². The smallest absolute Gasteiger partial charge is 0.133 e. The maximum atomic E-state index is 10.7. The summed E-state index contributed by atoms with van der Waals surface area (Å²) in [6.07, 6.45) is -0.787. The number of aliphatic hydroxyl groups excluding tert-OH is 1. The van der Waals surface area contributed by atoms with Crippen molar-refractivity contribution < 1.29 is 14.6 Å². The first-order chi connectivity index (χ1) is 11.3. The highest BCUT2D eigenvalue weighted by molar-refractivity contribution is 5.44. The number of rotatable bonds is 5. The molecule has 0 heterocycles. The zero-order valence-electron chi connectivity index (χ0n) is 12.8. The lowest BCUT2D eigenvalue weighted by Crippen LogP contribution is -2.02. The molecule has 0 aliphatic heterocycles. The quantitative estimate of drug-likeness (QED) is 0.750. The summed E-state index contributed by atoms with van der Waals surface area (Å²) in [6, 6.07) is 24.4. The normalized spacial score (nSPS) is 11.7. The predicted molar refractivity (Wildman–Crippen MR) is 90.0 cm³/mol. The fourth-order valence-corrected chi connectivity index (χ4v) is 2.41. The monoisotopic (exact) mass is 306 g/mol. The molecule has 3 aromatic carbocycles. The molecule has 0 bridgehead atoms. The Morgan fingerprint density at radius 1 is 0.783 bits per heavy atom. The van der Waals surface area contributed by atoms with E-state index in [1.165, 1.54) is 0 Å². The Balaban J connectivity index is 1.93. The molecular weight excluding hydrogens is 288 g/mol. The minimum atomic E-state index is -0.787. The van der Waals surface area contributed by atoms with Crippen molar-refractivity contribution in [3.63, 3.8) is 0 Å². The van der Waals surface area contributed by atoms with Crippen LogP contribution in [-0.4, -0.2) is 12.2 Å². The van der Waals surface area contributed by atoms with Crippen molar-refractivity contribution in [1.82, 2.24) is 0 Å². The number of aliphatic hydroxyl groups is 1.